The predicted molar refractivity (Wildman–Crippen MR) is 63.2 cm³/mol. The van der Waals surface area contributed by atoms with Gasteiger partial charge in [-0.15, -0.1) is 11.6 Å². The fourth-order valence-electron chi connectivity index (χ4n) is 1.39. The number of hydrogen-bond acceptors (Lipinski definition) is 1. The van der Waals surface area contributed by atoms with Crippen molar-refractivity contribution in [1.29, 1.82) is 0 Å². The number of hydrogen-bond donors (Lipinski definition) is 1. The Hall–Kier alpha value is -1.23. The normalized spacial score (nSPS) is 10.4. The van der Waals surface area contributed by atoms with Crippen molar-refractivity contribution < 1.29 is 18.0 Å². The van der Waals surface area contributed by atoms with Crippen LogP contribution in [0.5, 0.6) is 0 Å². The molecule has 0 radical (unpaired) electrons. The van der Waals surface area contributed by atoms with Crippen LogP contribution in [-0.4, -0.2) is 18.3 Å². The van der Waals surface area contributed by atoms with Gasteiger partial charge in [0.05, 0.1) is 5.56 Å². The van der Waals surface area contributed by atoms with Gasteiger partial charge in [0, 0.05) is 12.4 Å². The molecular formula is C12H13ClF3NO. The molecule has 0 bridgehead atoms. The van der Waals surface area contributed by atoms with Crippen LogP contribution in [0.3, 0.4) is 0 Å². The lowest BCUT2D eigenvalue weighted by Gasteiger charge is -2.06. The molecule has 0 fully saturated rings. The van der Waals surface area contributed by atoms with E-state index in [1.165, 1.54) is 0 Å². The first-order valence-corrected chi connectivity index (χ1v) is 6.09. The van der Waals surface area contributed by atoms with E-state index < -0.39 is 28.9 Å². The van der Waals surface area contributed by atoms with Crippen molar-refractivity contribution in [3.8, 4) is 0 Å². The number of alkyl halides is 1. The lowest BCUT2D eigenvalue weighted by atomic mass is 10.1. The number of carbonyl (C=O) groups is 1. The molecule has 0 saturated heterocycles. The summed E-state index contributed by atoms with van der Waals surface area (Å²) in [7, 11) is 0. The second kappa shape index (κ2) is 7.26. The van der Waals surface area contributed by atoms with Crippen molar-refractivity contribution in [2.75, 3.05) is 12.4 Å². The zero-order valence-electron chi connectivity index (χ0n) is 9.61. The van der Waals surface area contributed by atoms with E-state index >= 15 is 0 Å². The average Bonchev–Trinajstić information content (AvgIpc) is 2.35. The van der Waals surface area contributed by atoms with Gasteiger partial charge < -0.3 is 5.32 Å². The van der Waals surface area contributed by atoms with Crippen LogP contribution in [0.15, 0.2) is 12.1 Å². The van der Waals surface area contributed by atoms with Crippen molar-refractivity contribution in [3.05, 3.63) is 35.1 Å². The fourth-order valence-corrected chi connectivity index (χ4v) is 1.58. The maximum Gasteiger partial charge on any atom is 0.254 e. The molecule has 0 aliphatic carbocycles. The molecule has 0 heterocycles. The number of benzene rings is 1. The Morgan fingerprint density at radius 2 is 1.83 bits per heavy atom. The minimum atomic E-state index is -1.63. The summed E-state index contributed by atoms with van der Waals surface area (Å²) in [4.78, 5) is 11.5. The topological polar surface area (TPSA) is 29.1 Å². The fraction of sp³-hybridized carbons (Fsp3) is 0.417. The van der Waals surface area contributed by atoms with Crippen LogP contribution in [0.1, 0.15) is 29.6 Å². The highest BCUT2D eigenvalue weighted by molar-refractivity contribution is 6.17. The Labute approximate surface area is 108 Å². The van der Waals surface area contributed by atoms with Gasteiger partial charge in [-0.2, -0.15) is 0 Å². The highest BCUT2D eigenvalue weighted by Gasteiger charge is 2.18. The van der Waals surface area contributed by atoms with Crippen molar-refractivity contribution in [3.63, 3.8) is 0 Å². The molecular weight excluding hydrogens is 267 g/mol. The van der Waals surface area contributed by atoms with Gasteiger partial charge in [-0.3, -0.25) is 4.79 Å². The average molecular weight is 280 g/mol. The molecule has 0 spiro atoms. The van der Waals surface area contributed by atoms with Crippen molar-refractivity contribution in [1.82, 2.24) is 5.32 Å². The Morgan fingerprint density at radius 1 is 1.11 bits per heavy atom. The van der Waals surface area contributed by atoms with Gasteiger partial charge >= 0.3 is 0 Å². The summed E-state index contributed by atoms with van der Waals surface area (Å²) >= 11 is 5.48. The van der Waals surface area contributed by atoms with Gasteiger partial charge in [0.25, 0.3) is 5.91 Å². The van der Waals surface area contributed by atoms with Gasteiger partial charge in [-0.1, -0.05) is 6.42 Å². The minimum absolute atomic E-state index is 0.341. The molecule has 1 aromatic carbocycles. The number of halogens is 4. The van der Waals surface area contributed by atoms with E-state index in [0.29, 0.717) is 18.8 Å². The van der Waals surface area contributed by atoms with E-state index in [4.69, 9.17) is 11.6 Å². The molecule has 0 aliphatic rings. The third kappa shape index (κ3) is 3.91. The van der Waals surface area contributed by atoms with Gasteiger partial charge in [0.2, 0.25) is 0 Å². The van der Waals surface area contributed by atoms with E-state index in [-0.39, 0.29) is 0 Å². The van der Waals surface area contributed by atoms with Gasteiger partial charge in [-0.25, -0.2) is 13.2 Å². The third-order valence-electron chi connectivity index (χ3n) is 2.38. The van der Waals surface area contributed by atoms with Crippen LogP contribution in [0, 0.1) is 17.5 Å². The van der Waals surface area contributed by atoms with Crippen LogP contribution in [-0.2, 0) is 0 Å². The van der Waals surface area contributed by atoms with Crippen molar-refractivity contribution in [2.45, 2.75) is 19.3 Å². The second-order valence-corrected chi connectivity index (χ2v) is 4.11. The largest absolute Gasteiger partial charge is 0.352 e. The maximum atomic E-state index is 13.2. The van der Waals surface area contributed by atoms with Gasteiger partial charge in [0.15, 0.2) is 17.5 Å². The maximum absolute atomic E-state index is 13.2. The lowest BCUT2D eigenvalue weighted by molar-refractivity contribution is 0.0947. The van der Waals surface area contributed by atoms with Crippen LogP contribution in [0.25, 0.3) is 0 Å². The first-order valence-electron chi connectivity index (χ1n) is 5.55. The molecule has 1 N–H and O–H groups in total. The highest BCUT2D eigenvalue weighted by atomic mass is 35.5. The monoisotopic (exact) mass is 279 g/mol. The third-order valence-corrected chi connectivity index (χ3v) is 2.64. The highest BCUT2D eigenvalue weighted by Crippen LogP contribution is 2.14. The second-order valence-electron chi connectivity index (χ2n) is 3.73. The summed E-state index contributed by atoms with van der Waals surface area (Å²) in [5.74, 6) is -4.62. The number of amides is 1. The Balaban J connectivity index is 2.54. The molecule has 1 amide bonds. The number of rotatable bonds is 6. The van der Waals surface area contributed by atoms with E-state index in [0.717, 1.165) is 25.0 Å². The summed E-state index contributed by atoms with van der Waals surface area (Å²) in [5, 5.41) is 2.43. The summed E-state index contributed by atoms with van der Waals surface area (Å²) in [6, 6.07) is 1.64. The van der Waals surface area contributed by atoms with E-state index in [2.05, 4.69) is 5.32 Å². The number of carbonyl (C=O) groups excluding carboxylic acids is 1. The molecule has 18 heavy (non-hydrogen) atoms. The van der Waals surface area contributed by atoms with E-state index in [1.54, 1.807) is 0 Å². The molecule has 0 aromatic heterocycles. The number of unbranched alkanes of at least 4 members (excludes halogenated alkanes) is 2. The number of nitrogens with one attached hydrogen (secondary N) is 1. The summed E-state index contributed by atoms with van der Waals surface area (Å²) in [5.41, 5.74) is -0.494. The molecule has 2 nitrogen and oxygen atoms in total. The lowest BCUT2D eigenvalue weighted by Crippen LogP contribution is -2.25. The summed E-state index contributed by atoms with van der Waals surface area (Å²) in [6.07, 6.45) is 2.37. The van der Waals surface area contributed by atoms with Gasteiger partial charge in [-0.05, 0) is 25.0 Å². The first-order chi connectivity index (χ1) is 8.57. The summed E-state index contributed by atoms with van der Waals surface area (Å²) < 4.78 is 38.8. The summed E-state index contributed by atoms with van der Waals surface area (Å²) in [6.45, 7) is 0.341. The first kappa shape index (κ1) is 14.8. The molecule has 1 rings (SSSR count). The van der Waals surface area contributed by atoms with Crippen LogP contribution in [0.4, 0.5) is 13.2 Å². The van der Waals surface area contributed by atoms with E-state index in [1.807, 2.05) is 0 Å². The van der Waals surface area contributed by atoms with E-state index in [9.17, 15) is 18.0 Å². The molecule has 0 saturated carbocycles. The Kier molecular flexibility index (Phi) is 5.98. The van der Waals surface area contributed by atoms with Crippen molar-refractivity contribution >= 4 is 17.5 Å². The Morgan fingerprint density at radius 3 is 2.50 bits per heavy atom. The smallest absolute Gasteiger partial charge is 0.254 e. The van der Waals surface area contributed by atoms with Gasteiger partial charge in [0.1, 0.15) is 0 Å². The molecule has 6 heteroatoms. The van der Waals surface area contributed by atoms with Crippen molar-refractivity contribution in [2.24, 2.45) is 0 Å². The van der Waals surface area contributed by atoms with Crippen LogP contribution < -0.4 is 5.32 Å². The standard InChI is InChI=1S/C12H13ClF3NO/c13-6-2-1-3-7-17-12(18)8-4-5-9(14)11(16)10(8)15/h4-5H,1-3,6-7H2,(H,17,18). The zero-order chi connectivity index (χ0) is 13.5. The van der Waals surface area contributed by atoms with Crippen LogP contribution >= 0.6 is 11.6 Å². The molecule has 0 aliphatic heterocycles. The molecule has 1 aromatic rings. The quantitative estimate of drug-likeness (QED) is 0.483. The predicted octanol–water partition coefficient (Wildman–Crippen LogP) is 3.24. The molecule has 100 valence electrons. The molecule has 0 atom stereocenters. The zero-order valence-corrected chi connectivity index (χ0v) is 10.4. The molecule has 0 unspecified atom stereocenters. The minimum Gasteiger partial charge on any atom is -0.352 e. The Bertz CT molecular complexity index is 426. The SMILES string of the molecule is O=C(NCCCCCCl)c1ccc(F)c(F)c1F. The van der Waals surface area contributed by atoms with Crippen LogP contribution in [0.2, 0.25) is 0 Å².